The van der Waals surface area contributed by atoms with Crippen molar-refractivity contribution in [2.45, 2.75) is 13.3 Å². The number of fused-ring (bicyclic) bond motifs is 1. The zero-order chi connectivity index (χ0) is 15.0. The largest absolute Gasteiger partial charge is 0.508 e. The van der Waals surface area contributed by atoms with E-state index in [1.54, 1.807) is 6.92 Å². The van der Waals surface area contributed by atoms with Crippen molar-refractivity contribution in [3.05, 3.63) is 62.6 Å². The number of nitro groups is 1. The lowest BCUT2D eigenvalue weighted by Crippen LogP contribution is -1.98. The molecule has 0 fully saturated rings. The van der Waals surface area contributed by atoms with Gasteiger partial charge in [-0.2, -0.15) is 0 Å². The first kappa shape index (κ1) is 13.5. The standard InChI is InChI=1S/C15H12N2O3S/c1-9-10(13(18)7-6-12(9)17(19)20)8-15-16-11-4-2-3-5-14(11)21-15/h2-7,18H,8H2,1H3. The van der Waals surface area contributed by atoms with E-state index in [1.807, 2.05) is 24.3 Å². The van der Waals surface area contributed by atoms with Gasteiger partial charge in [0, 0.05) is 23.6 Å². The molecule has 3 aromatic rings. The van der Waals surface area contributed by atoms with Gasteiger partial charge >= 0.3 is 0 Å². The first-order valence-electron chi connectivity index (χ1n) is 6.36. The molecule has 1 N–H and O–H groups in total. The summed E-state index contributed by atoms with van der Waals surface area (Å²) < 4.78 is 1.06. The molecule has 0 bridgehead atoms. The predicted octanol–water partition coefficient (Wildman–Crippen LogP) is 3.81. The summed E-state index contributed by atoms with van der Waals surface area (Å²) in [6.07, 6.45) is 0.388. The van der Waals surface area contributed by atoms with Crippen LogP contribution in [0.2, 0.25) is 0 Å². The maximum atomic E-state index is 11.0. The summed E-state index contributed by atoms with van der Waals surface area (Å²) >= 11 is 1.53. The van der Waals surface area contributed by atoms with Crippen molar-refractivity contribution in [1.29, 1.82) is 0 Å². The second-order valence-electron chi connectivity index (χ2n) is 4.72. The molecule has 0 radical (unpaired) electrons. The highest BCUT2D eigenvalue weighted by Gasteiger charge is 2.18. The van der Waals surface area contributed by atoms with Crippen LogP contribution in [0.1, 0.15) is 16.1 Å². The Morgan fingerprint density at radius 2 is 2.05 bits per heavy atom. The molecule has 2 aromatic carbocycles. The summed E-state index contributed by atoms with van der Waals surface area (Å²) in [5.74, 6) is 0.0670. The van der Waals surface area contributed by atoms with E-state index in [4.69, 9.17) is 0 Å². The average molecular weight is 300 g/mol. The Labute approximate surface area is 124 Å². The van der Waals surface area contributed by atoms with Crippen molar-refractivity contribution in [2.75, 3.05) is 0 Å². The fourth-order valence-corrected chi connectivity index (χ4v) is 3.28. The highest BCUT2D eigenvalue weighted by atomic mass is 32.1. The third-order valence-corrected chi connectivity index (χ3v) is 4.44. The van der Waals surface area contributed by atoms with Crippen LogP contribution in [-0.4, -0.2) is 15.0 Å². The van der Waals surface area contributed by atoms with Crippen molar-refractivity contribution >= 4 is 27.2 Å². The minimum Gasteiger partial charge on any atom is -0.508 e. The number of aromatic nitrogens is 1. The Morgan fingerprint density at radius 1 is 1.29 bits per heavy atom. The quantitative estimate of drug-likeness (QED) is 0.589. The number of phenolic OH excluding ortho intramolecular Hbond substituents is 1. The van der Waals surface area contributed by atoms with Gasteiger partial charge in [0.1, 0.15) is 5.75 Å². The number of benzene rings is 2. The second-order valence-corrected chi connectivity index (χ2v) is 5.83. The van der Waals surface area contributed by atoms with Crippen LogP contribution in [0.3, 0.4) is 0 Å². The van der Waals surface area contributed by atoms with Crippen molar-refractivity contribution in [1.82, 2.24) is 4.98 Å². The molecule has 0 aliphatic carbocycles. The number of nitro benzene ring substituents is 1. The molecule has 0 saturated carbocycles. The van der Waals surface area contributed by atoms with E-state index in [1.165, 1.54) is 23.5 Å². The van der Waals surface area contributed by atoms with Crippen LogP contribution in [0.4, 0.5) is 5.69 Å². The fraction of sp³-hybridized carbons (Fsp3) is 0.133. The lowest BCUT2D eigenvalue weighted by Gasteiger charge is -2.07. The summed E-state index contributed by atoms with van der Waals surface area (Å²) in [5.41, 5.74) is 1.96. The van der Waals surface area contributed by atoms with Gasteiger partial charge in [-0.1, -0.05) is 12.1 Å². The van der Waals surface area contributed by atoms with E-state index in [9.17, 15) is 15.2 Å². The Kier molecular flexibility index (Phi) is 3.31. The maximum absolute atomic E-state index is 11.0. The summed E-state index contributed by atoms with van der Waals surface area (Å²) in [5, 5.41) is 21.8. The van der Waals surface area contributed by atoms with Crippen LogP contribution in [0, 0.1) is 17.0 Å². The highest BCUT2D eigenvalue weighted by Crippen LogP contribution is 2.32. The van der Waals surface area contributed by atoms with Crippen molar-refractivity contribution in [2.24, 2.45) is 0 Å². The van der Waals surface area contributed by atoms with E-state index in [0.29, 0.717) is 17.5 Å². The zero-order valence-electron chi connectivity index (χ0n) is 11.2. The third kappa shape index (κ3) is 2.45. The topological polar surface area (TPSA) is 76.3 Å². The first-order chi connectivity index (χ1) is 10.1. The smallest absolute Gasteiger partial charge is 0.272 e. The molecule has 0 unspecified atom stereocenters. The van der Waals surface area contributed by atoms with Gasteiger partial charge in [-0.05, 0) is 25.1 Å². The van der Waals surface area contributed by atoms with E-state index < -0.39 is 4.92 Å². The van der Waals surface area contributed by atoms with Crippen LogP contribution >= 0.6 is 11.3 Å². The summed E-state index contributed by atoms with van der Waals surface area (Å²) in [4.78, 5) is 15.1. The van der Waals surface area contributed by atoms with Gasteiger partial charge in [0.05, 0.1) is 20.1 Å². The Morgan fingerprint density at radius 3 is 2.76 bits per heavy atom. The van der Waals surface area contributed by atoms with Gasteiger partial charge in [-0.15, -0.1) is 11.3 Å². The van der Waals surface area contributed by atoms with Gasteiger partial charge < -0.3 is 5.11 Å². The van der Waals surface area contributed by atoms with Gasteiger partial charge in [-0.3, -0.25) is 10.1 Å². The number of para-hydroxylation sites is 1. The van der Waals surface area contributed by atoms with Gasteiger partial charge in [0.15, 0.2) is 0 Å². The summed E-state index contributed by atoms with van der Waals surface area (Å²) in [6, 6.07) is 10.5. The predicted molar refractivity (Wildman–Crippen MR) is 81.9 cm³/mol. The number of rotatable bonds is 3. The monoisotopic (exact) mass is 300 g/mol. The SMILES string of the molecule is Cc1c([N+](=O)[O-])ccc(O)c1Cc1nc2ccccc2s1. The van der Waals surface area contributed by atoms with E-state index in [-0.39, 0.29) is 11.4 Å². The number of thiazole rings is 1. The Bertz CT molecular complexity index is 809. The molecule has 6 heteroatoms. The third-order valence-electron chi connectivity index (χ3n) is 3.41. The Balaban J connectivity index is 2.04. The minimum absolute atomic E-state index is 0.0175. The minimum atomic E-state index is -0.434. The molecular weight excluding hydrogens is 288 g/mol. The number of nitrogens with zero attached hydrogens (tertiary/aromatic N) is 2. The van der Waals surface area contributed by atoms with Crippen molar-refractivity contribution in [3.63, 3.8) is 0 Å². The van der Waals surface area contributed by atoms with Crippen LogP contribution in [0.25, 0.3) is 10.2 Å². The Hall–Kier alpha value is -2.47. The molecule has 0 saturated heterocycles. The zero-order valence-corrected chi connectivity index (χ0v) is 12.1. The second kappa shape index (κ2) is 5.14. The molecule has 5 nitrogen and oxygen atoms in total. The normalized spacial score (nSPS) is 10.9. The molecule has 0 amide bonds. The molecule has 3 rings (SSSR count). The molecule has 0 spiro atoms. The van der Waals surface area contributed by atoms with E-state index >= 15 is 0 Å². The van der Waals surface area contributed by atoms with Crippen LogP contribution in [0.5, 0.6) is 5.75 Å². The van der Waals surface area contributed by atoms with Crippen LogP contribution in [-0.2, 0) is 6.42 Å². The van der Waals surface area contributed by atoms with Crippen molar-refractivity contribution in [3.8, 4) is 5.75 Å². The molecule has 1 aromatic heterocycles. The maximum Gasteiger partial charge on any atom is 0.272 e. The molecule has 1 heterocycles. The molecule has 106 valence electrons. The summed E-state index contributed by atoms with van der Waals surface area (Å²) in [6.45, 7) is 1.65. The summed E-state index contributed by atoms with van der Waals surface area (Å²) in [7, 11) is 0. The molecule has 0 aliphatic heterocycles. The average Bonchev–Trinajstić information content (AvgIpc) is 2.85. The number of phenols is 1. The number of hydrogen-bond acceptors (Lipinski definition) is 5. The number of hydrogen-bond donors (Lipinski definition) is 1. The molecule has 0 atom stereocenters. The van der Waals surface area contributed by atoms with Crippen molar-refractivity contribution < 1.29 is 10.0 Å². The molecule has 0 aliphatic rings. The first-order valence-corrected chi connectivity index (χ1v) is 7.18. The van der Waals surface area contributed by atoms with Gasteiger partial charge in [-0.25, -0.2) is 4.98 Å². The van der Waals surface area contributed by atoms with Gasteiger partial charge in [0.2, 0.25) is 0 Å². The number of aromatic hydroxyl groups is 1. The lowest BCUT2D eigenvalue weighted by molar-refractivity contribution is -0.385. The molecule has 21 heavy (non-hydrogen) atoms. The lowest BCUT2D eigenvalue weighted by atomic mass is 10.0. The van der Waals surface area contributed by atoms with E-state index in [0.717, 1.165) is 15.2 Å². The van der Waals surface area contributed by atoms with Crippen LogP contribution in [0.15, 0.2) is 36.4 Å². The highest BCUT2D eigenvalue weighted by molar-refractivity contribution is 7.18. The van der Waals surface area contributed by atoms with Gasteiger partial charge in [0.25, 0.3) is 5.69 Å². The fourth-order valence-electron chi connectivity index (χ4n) is 2.30. The van der Waals surface area contributed by atoms with Crippen LogP contribution < -0.4 is 0 Å². The molecular formula is C15H12N2O3S. The van der Waals surface area contributed by atoms with E-state index in [2.05, 4.69) is 4.98 Å².